The van der Waals surface area contributed by atoms with E-state index in [9.17, 15) is 15.8 Å². The molecule has 8 aromatic heterocycles. The van der Waals surface area contributed by atoms with Gasteiger partial charge in [-0.25, -0.2) is 29.9 Å². The Morgan fingerprint density at radius 1 is 0.265 bits per heavy atom. The number of rotatable bonds is 8. The molecule has 13 nitrogen and oxygen atoms in total. The molecule has 0 amide bonds. The van der Waals surface area contributed by atoms with Crippen molar-refractivity contribution in [2.45, 2.75) is 19.3 Å². The summed E-state index contributed by atoms with van der Waals surface area (Å²) in [6, 6.07) is 142. The van der Waals surface area contributed by atoms with Gasteiger partial charge in [-0.2, -0.15) is 15.8 Å². The highest BCUT2D eigenvalue weighted by atomic mass is 32.1. The summed E-state index contributed by atoms with van der Waals surface area (Å²) in [4.78, 5) is 28.9. The monoisotopic (exact) mass is 1700 g/mol. The molecule has 0 aliphatic heterocycles. The second kappa shape index (κ2) is 30.5. The van der Waals surface area contributed by atoms with Gasteiger partial charge in [0, 0.05) is 96.1 Å². The fraction of sp³-hybridized carbons (Fsp3) is 0.0254. The Morgan fingerprint density at radius 2 is 0.727 bits per heavy atom. The van der Waals surface area contributed by atoms with Crippen LogP contribution in [0.2, 0.25) is 0 Å². The molecule has 1 aliphatic carbocycles. The number of nitriles is 3. The van der Waals surface area contributed by atoms with Crippen LogP contribution in [0.4, 0.5) is 0 Å². The van der Waals surface area contributed by atoms with Gasteiger partial charge in [0.15, 0.2) is 22.9 Å². The minimum atomic E-state index is -0.0612. The minimum absolute atomic E-state index is 0.0612. The molecule has 14 heteroatoms. The van der Waals surface area contributed by atoms with E-state index in [1.54, 1.807) is 0 Å². The van der Waals surface area contributed by atoms with E-state index in [0.29, 0.717) is 34.8 Å². The SMILES string of the molecule is CC1(C)c2ccccc2-c2ccc(-c3ccc4c(c3)c3ccccc3n4-c3nc(C#N)c4ccc(-c5ccccc5)cc4n3)cc21.N#Cc1nc(-c2ccc(-n3c4ccccc4c4cc(-c5ccc6sc7ccc8ccccc8c7c6c5)ccc43)cc2)nc2ccccc12.N#Cc1nc(-n2c3ccccc3c3ccc(-c4cccc5oc6ccccc6c45)cc32)nc2ccccc12. The third kappa shape index (κ3) is 12.3. The van der Waals surface area contributed by atoms with Crippen molar-refractivity contribution >= 4 is 162 Å². The molecular formula is C118H70N12OS. The van der Waals surface area contributed by atoms with Crippen LogP contribution in [0.15, 0.2) is 393 Å². The van der Waals surface area contributed by atoms with E-state index in [-0.39, 0.29) is 5.41 Å². The average Bonchev–Trinajstić information content (AvgIpc) is 1.60. The zero-order valence-corrected chi connectivity index (χ0v) is 71.9. The zero-order valence-electron chi connectivity index (χ0n) is 71.1. The van der Waals surface area contributed by atoms with E-state index in [1.165, 1.54) is 80.7 Å². The number of fused-ring (bicyclic) bond motifs is 23. The highest BCUT2D eigenvalue weighted by Gasteiger charge is 2.36. The van der Waals surface area contributed by atoms with Gasteiger partial charge in [-0.05, 0) is 223 Å². The highest BCUT2D eigenvalue weighted by molar-refractivity contribution is 7.26. The molecule has 1 aliphatic rings. The van der Waals surface area contributed by atoms with Crippen molar-refractivity contribution in [2.24, 2.45) is 0 Å². The Kier molecular flexibility index (Phi) is 17.7. The van der Waals surface area contributed by atoms with Crippen molar-refractivity contribution in [3.63, 3.8) is 0 Å². The van der Waals surface area contributed by atoms with Gasteiger partial charge in [-0.1, -0.05) is 257 Å². The fourth-order valence-electron chi connectivity index (χ4n) is 20.2. The Morgan fingerprint density at radius 3 is 1.43 bits per heavy atom. The first-order valence-corrected chi connectivity index (χ1v) is 44.7. The molecule has 0 spiro atoms. The van der Waals surface area contributed by atoms with Crippen LogP contribution >= 0.6 is 11.3 Å². The number of aromatic nitrogens is 9. The van der Waals surface area contributed by atoms with Gasteiger partial charge in [-0.15, -0.1) is 11.3 Å². The summed E-state index contributed by atoms with van der Waals surface area (Å²) >= 11 is 1.86. The van der Waals surface area contributed by atoms with Crippen LogP contribution in [0.3, 0.4) is 0 Å². The van der Waals surface area contributed by atoms with Crippen molar-refractivity contribution in [3.8, 4) is 103 Å². The lowest BCUT2D eigenvalue weighted by atomic mass is 9.81. The topological polar surface area (TPSA) is 177 Å². The summed E-state index contributed by atoms with van der Waals surface area (Å²) in [5.74, 6) is 1.52. The van der Waals surface area contributed by atoms with Crippen LogP contribution in [0.5, 0.6) is 0 Å². The lowest BCUT2D eigenvalue weighted by Crippen LogP contribution is -2.14. The summed E-state index contributed by atoms with van der Waals surface area (Å²) in [5, 5.41) is 46.3. The van der Waals surface area contributed by atoms with E-state index in [2.05, 4.69) is 299 Å². The first-order valence-electron chi connectivity index (χ1n) is 43.9. The van der Waals surface area contributed by atoms with Gasteiger partial charge in [0.2, 0.25) is 11.9 Å². The molecule has 0 bridgehead atoms. The number of hydrogen-bond donors (Lipinski definition) is 0. The maximum Gasteiger partial charge on any atom is 0.236 e. The first-order chi connectivity index (χ1) is 65.0. The predicted molar refractivity (Wildman–Crippen MR) is 538 cm³/mol. The number of furan rings is 1. The largest absolute Gasteiger partial charge is 0.456 e. The molecule has 0 atom stereocenters. The normalized spacial score (nSPS) is 12.2. The van der Waals surface area contributed by atoms with Gasteiger partial charge in [-0.3, -0.25) is 9.13 Å². The average molecular weight is 1700 g/mol. The Balaban J connectivity index is 0.000000107. The molecular weight excluding hydrogens is 1630 g/mol. The van der Waals surface area contributed by atoms with E-state index in [4.69, 9.17) is 29.3 Å². The van der Waals surface area contributed by atoms with Gasteiger partial charge in [0.1, 0.15) is 29.4 Å². The number of nitrogens with zero attached hydrogens (tertiary/aromatic N) is 12. The second-order valence-corrected chi connectivity index (χ2v) is 35.2. The van der Waals surface area contributed by atoms with E-state index in [1.807, 2.05) is 151 Å². The van der Waals surface area contributed by atoms with E-state index in [0.717, 1.165) is 148 Å². The highest BCUT2D eigenvalue weighted by Crippen LogP contribution is 2.51. The molecule has 26 aromatic rings. The lowest BCUT2D eigenvalue weighted by molar-refractivity contribution is 0.660. The zero-order chi connectivity index (χ0) is 88.0. The quantitative estimate of drug-likeness (QED) is 0.142. The van der Waals surface area contributed by atoms with Gasteiger partial charge >= 0.3 is 0 Å². The van der Waals surface area contributed by atoms with Gasteiger partial charge in [0.05, 0.1) is 49.7 Å². The molecule has 27 rings (SSSR count). The van der Waals surface area contributed by atoms with Crippen LogP contribution in [0, 0.1) is 34.0 Å². The summed E-state index contributed by atoms with van der Waals surface area (Å²) < 4.78 is 15.3. The van der Waals surface area contributed by atoms with E-state index >= 15 is 0 Å². The molecule has 0 fully saturated rings. The summed E-state index contributed by atoms with van der Waals surface area (Å²) in [7, 11) is 0. The van der Waals surface area contributed by atoms with Crippen molar-refractivity contribution in [2.75, 3.05) is 0 Å². The number of benzene rings is 18. The van der Waals surface area contributed by atoms with Crippen LogP contribution in [-0.4, -0.2) is 43.6 Å². The summed E-state index contributed by atoms with van der Waals surface area (Å²) in [6.45, 7) is 4.64. The lowest BCUT2D eigenvalue weighted by Gasteiger charge is -2.22. The number of para-hydroxylation sites is 6. The minimum Gasteiger partial charge on any atom is -0.456 e. The molecule has 0 N–H and O–H groups in total. The Bertz CT molecular complexity index is 9520. The van der Waals surface area contributed by atoms with Crippen LogP contribution in [0.25, 0.3) is 236 Å². The van der Waals surface area contributed by atoms with E-state index < -0.39 is 0 Å². The molecule has 614 valence electrons. The van der Waals surface area contributed by atoms with Crippen LogP contribution in [0.1, 0.15) is 42.1 Å². The van der Waals surface area contributed by atoms with Gasteiger partial charge < -0.3 is 8.98 Å². The van der Waals surface area contributed by atoms with Crippen LogP contribution < -0.4 is 0 Å². The molecule has 0 radical (unpaired) electrons. The maximum absolute atomic E-state index is 10.1. The standard InChI is InChI=1S/C43H24N4S.C42H28N4.C33H18N4O/c44-25-37-33-10-3-5-11-36(33)45-43(46-37)27-13-18-30(19-14-27)47-38-12-6-4-9-32(38)34-23-28(15-20-39(34)47)29-17-21-40-35(24-29)42-31-8-2-1-7-26(31)16-22-41(42)48-40;1-42(2)35-14-8-6-12-30(35)31-19-16-28(23-36(31)42)27-18-21-40-34(22-27)32-13-7-9-15-39(32)46(40)41-44-37-24-29(26-10-4-3-5-11-26)17-20-33(37)38(25-43)45-41;34-19-27-24-9-1-4-12-26(24)35-33(36-27)37-28-13-5-2-8-22(28)23-17-16-20(18-29(23)37)21-11-7-15-31-32(21)25-10-3-6-14-30(25)38-31/h1-24H;3-24H,1-2H3;1-18H. The Hall–Kier alpha value is -17.9. The summed E-state index contributed by atoms with van der Waals surface area (Å²) in [5.41, 5.74) is 27.7. The predicted octanol–water partition coefficient (Wildman–Crippen LogP) is 29.9. The molecule has 132 heavy (non-hydrogen) atoms. The molecule has 18 aromatic carbocycles. The second-order valence-electron chi connectivity index (χ2n) is 34.1. The maximum atomic E-state index is 10.1. The Labute approximate surface area is 759 Å². The van der Waals surface area contributed by atoms with Crippen molar-refractivity contribution in [1.29, 1.82) is 15.8 Å². The summed E-state index contributed by atoms with van der Waals surface area (Å²) in [6.07, 6.45) is 0. The first kappa shape index (κ1) is 76.6. The fourth-order valence-corrected chi connectivity index (χ4v) is 21.3. The number of thiophene rings is 1. The number of hydrogen-bond acceptors (Lipinski definition) is 11. The molecule has 0 saturated carbocycles. The molecule has 8 heterocycles. The van der Waals surface area contributed by atoms with Crippen molar-refractivity contribution < 1.29 is 4.42 Å². The van der Waals surface area contributed by atoms with Gasteiger partial charge in [0.25, 0.3) is 0 Å². The molecule has 0 unspecified atom stereocenters. The van der Waals surface area contributed by atoms with Crippen molar-refractivity contribution in [3.05, 3.63) is 416 Å². The third-order valence-electron chi connectivity index (χ3n) is 26.4. The third-order valence-corrected chi connectivity index (χ3v) is 27.6. The van der Waals surface area contributed by atoms with Crippen molar-refractivity contribution in [1.82, 2.24) is 43.6 Å². The smallest absolute Gasteiger partial charge is 0.236 e. The molecule has 0 saturated heterocycles. The van der Waals surface area contributed by atoms with Crippen LogP contribution in [-0.2, 0) is 5.41 Å².